The molecule has 0 spiro atoms. The average Bonchev–Trinajstić information content (AvgIpc) is 3.53. The number of para-hydroxylation sites is 1. The van der Waals surface area contributed by atoms with Crippen molar-refractivity contribution in [2.45, 2.75) is 77.5 Å². The number of nitrogens with zero attached hydrogens (tertiary/aromatic N) is 3. The summed E-state index contributed by atoms with van der Waals surface area (Å²) in [6.07, 6.45) is 0.982. The molecule has 210 valence electrons. The number of imide groups is 1. The number of nitrogens with one attached hydrogen (secondary N) is 3. The van der Waals surface area contributed by atoms with E-state index in [1.807, 2.05) is 0 Å². The van der Waals surface area contributed by atoms with Crippen LogP contribution in [0.15, 0.2) is 30.3 Å². The highest BCUT2D eigenvalue weighted by molar-refractivity contribution is 6.06. The number of carbonyl (C=O) groups is 6. The standard InChI is InChI=1S/C26H34N6O7/c1-15(2)22(26(38)32(29-39)18-9-6-5-7-10-18)28-24(36)19-11-8-14-30(19)25(37)16(3)27-23(35)17(4)31-20(33)12-13-21(31)34/h5-7,9-10,15-17,19,22H,8,11-14H2,1-4H3,(H,27,35)(H,28,36)/p+1/t16-,17-,19-,22-/m0/s1. The van der Waals surface area contributed by atoms with Crippen molar-refractivity contribution in [1.82, 2.24) is 20.4 Å². The number of likely N-dealkylation sites (tertiary alicyclic amines) is 2. The maximum absolute atomic E-state index is 13.3. The van der Waals surface area contributed by atoms with Gasteiger partial charge in [0.2, 0.25) is 29.5 Å². The smallest absolute Gasteiger partial charge is 0.310 e. The summed E-state index contributed by atoms with van der Waals surface area (Å²) in [4.78, 5) is 90.2. The molecule has 2 heterocycles. The van der Waals surface area contributed by atoms with Crippen molar-refractivity contribution in [3.8, 4) is 0 Å². The van der Waals surface area contributed by atoms with Gasteiger partial charge in [-0.05, 0) is 49.7 Å². The molecule has 2 saturated heterocycles. The van der Waals surface area contributed by atoms with Crippen LogP contribution >= 0.6 is 0 Å². The molecular weight excluding hydrogens is 508 g/mol. The summed E-state index contributed by atoms with van der Waals surface area (Å²) in [7, 11) is 0. The molecule has 6 amide bonds. The van der Waals surface area contributed by atoms with Gasteiger partial charge in [-0.25, -0.2) is 0 Å². The Balaban J connectivity index is 1.67. The predicted molar refractivity (Wildman–Crippen MR) is 138 cm³/mol. The number of carbonyl (C=O) groups excluding carboxylic acids is 6. The van der Waals surface area contributed by atoms with E-state index in [9.17, 15) is 33.7 Å². The van der Waals surface area contributed by atoms with Gasteiger partial charge in [0.1, 0.15) is 35.1 Å². The summed E-state index contributed by atoms with van der Waals surface area (Å²) in [5.74, 6) is -3.62. The summed E-state index contributed by atoms with van der Waals surface area (Å²) in [6, 6.07) is 4.19. The van der Waals surface area contributed by atoms with Crippen molar-refractivity contribution >= 4 is 41.1 Å². The summed E-state index contributed by atoms with van der Waals surface area (Å²) >= 11 is 0. The normalized spacial score (nSPS) is 19.5. The first-order valence-corrected chi connectivity index (χ1v) is 13.0. The molecule has 3 rings (SSSR count). The van der Waals surface area contributed by atoms with Crippen LogP contribution in [-0.4, -0.2) is 76.0 Å². The highest BCUT2D eigenvalue weighted by Gasteiger charge is 2.41. The van der Waals surface area contributed by atoms with Crippen LogP contribution in [0.2, 0.25) is 0 Å². The zero-order valence-electron chi connectivity index (χ0n) is 22.5. The van der Waals surface area contributed by atoms with E-state index in [1.54, 1.807) is 49.5 Å². The van der Waals surface area contributed by atoms with Gasteiger partial charge in [-0.2, -0.15) is 0 Å². The van der Waals surface area contributed by atoms with Crippen LogP contribution in [0, 0.1) is 10.8 Å². The summed E-state index contributed by atoms with van der Waals surface area (Å²) in [5, 5.41) is 7.68. The van der Waals surface area contributed by atoms with Crippen LogP contribution in [0.5, 0.6) is 0 Å². The zero-order valence-corrected chi connectivity index (χ0v) is 22.5. The van der Waals surface area contributed by atoms with Crippen LogP contribution in [0.25, 0.3) is 0 Å². The average molecular weight is 544 g/mol. The molecular formula is C26H35N6O7+. The van der Waals surface area contributed by atoms with E-state index in [0.717, 1.165) is 9.91 Å². The van der Waals surface area contributed by atoms with E-state index >= 15 is 0 Å². The minimum atomic E-state index is -1.07. The van der Waals surface area contributed by atoms with Crippen molar-refractivity contribution in [2.75, 3.05) is 11.6 Å². The van der Waals surface area contributed by atoms with Crippen molar-refractivity contribution in [3.05, 3.63) is 35.2 Å². The topological polar surface area (TPSA) is 167 Å². The molecule has 0 unspecified atom stereocenters. The fraction of sp³-hybridized carbons (Fsp3) is 0.538. The third-order valence-electron chi connectivity index (χ3n) is 6.98. The lowest BCUT2D eigenvalue weighted by Gasteiger charge is -2.30. The van der Waals surface area contributed by atoms with E-state index in [2.05, 4.69) is 10.6 Å². The van der Waals surface area contributed by atoms with Gasteiger partial charge in [-0.15, -0.1) is 0 Å². The minimum Gasteiger partial charge on any atom is -0.343 e. The van der Waals surface area contributed by atoms with Gasteiger partial charge in [-0.3, -0.25) is 33.7 Å². The number of benzene rings is 1. The summed E-state index contributed by atoms with van der Waals surface area (Å²) < 4.78 is 0. The van der Waals surface area contributed by atoms with Crippen molar-refractivity contribution in [1.29, 1.82) is 0 Å². The first kappa shape index (κ1) is 29.4. The molecule has 3 N–H and O–H groups in total. The van der Waals surface area contributed by atoms with Gasteiger partial charge in [-0.1, -0.05) is 32.0 Å². The predicted octanol–water partition coefficient (Wildman–Crippen LogP) is -1.04. The number of hydrogen-bond acceptors (Lipinski definition) is 7. The Morgan fingerprint density at radius 1 is 0.974 bits per heavy atom. The molecule has 2 fully saturated rings. The lowest BCUT2D eigenvalue weighted by molar-refractivity contribution is -0.485. The van der Waals surface area contributed by atoms with Gasteiger partial charge in [0.25, 0.3) is 0 Å². The molecule has 0 bridgehead atoms. The molecule has 0 saturated carbocycles. The Hall–Kier alpha value is -4.16. The Labute approximate surface area is 226 Å². The molecule has 0 radical (unpaired) electrons. The van der Waals surface area contributed by atoms with E-state index in [4.69, 9.17) is 0 Å². The van der Waals surface area contributed by atoms with E-state index < -0.39 is 59.6 Å². The van der Waals surface area contributed by atoms with Crippen LogP contribution in [0.1, 0.15) is 53.4 Å². The number of anilines is 1. The first-order chi connectivity index (χ1) is 18.5. The van der Waals surface area contributed by atoms with Gasteiger partial charge >= 0.3 is 5.91 Å². The van der Waals surface area contributed by atoms with Gasteiger partial charge in [0.05, 0.1) is 0 Å². The third-order valence-corrected chi connectivity index (χ3v) is 6.98. The highest BCUT2D eigenvalue weighted by Crippen LogP contribution is 2.21. The highest BCUT2D eigenvalue weighted by atomic mass is 16.3. The van der Waals surface area contributed by atoms with Gasteiger partial charge in [0, 0.05) is 24.3 Å². The maximum Gasteiger partial charge on any atom is 0.310 e. The molecule has 0 aromatic heterocycles. The molecule has 1 aromatic carbocycles. The number of nitroso groups, excluding NO2 is 1. The van der Waals surface area contributed by atoms with Crippen LogP contribution in [-0.2, 0) is 28.8 Å². The summed E-state index contributed by atoms with van der Waals surface area (Å²) in [6.45, 7) is 6.60. The summed E-state index contributed by atoms with van der Waals surface area (Å²) in [5.41, 5.74) is 0.311. The van der Waals surface area contributed by atoms with Crippen molar-refractivity contribution < 1.29 is 34.1 Å². The molecule has 0 aliphatic carbocycles. The van der Waals surface area contributed by atoms with Crippen molar-refractivity contribution in [2.24, 2.45) is 5.92 Å². The van der Waals surface area contributed by atoms with Crippen LogP contribution in [0.4, 0.5) is 5.69 Å². The van der Waals surface area contributed by atoms with Gasteiger partial charge < -0.3 is 15.5 Å². The number of hydrazine groups is 1. The molecule has 1 aromatic rings. The van der Waals surface area contributed by atoms with E-state index in [0.29, 0.717) is 18.5 Å². The molecule has 2 aliphatic heterocycles. The molecule has 4 atom stereocenters. The third kappa shape index (κ3) is 6.47. The Kier molecular flexibility index (Phi) is 9.49. The minimum absolute atomic E-state index is 0.0450. The SMILES string of the molecule is CC(C)[C@H](NC(=O)[C@@H]1CCCN1C(=O)[C@H](C)NC(=O)[C@H](C)N1C(=O)CCC1=O)C(=O)N([NH+]=O)c1ccccc1. The second-order valence-electron chi connectivity index (χ2n) is 10.1. The fourth-order valence-electron chi connectivity index (χ4n) is 4.79. The maximum atomic E-state index is 13.3. The lowest BCUT2D eigenvalue weighted by Crippen LogP contribution is -2.82. The quantitative estimate of drug-likeness (QED) is 0.250. The van der Waals surface area contributed by atoms with Crippen molar-refractivity contribution in [3.63, 3.8) is 0 Å². The van der Waals surface area contributed by atoms with Crippen LogP contribution in [0.3, 0.4) is 0 Å². The zero-order chi connectivity index (χ0) is 28.9. The molecule has 2 aliphatic rings. The fourth-order valence-corrected chi connectivity index (χ4v) is 4.79. The Bertz CT molecular complexity index is 1120. The van der Waals surface area contributed by atoms with E-state index in [1.165, 1.54) is 18.7 Å². The van der Waals surface area contributed by atoms with E-state index in [-0.39, 0.29) is 25.3 Å². The Morgan fingerprint density at radius 2 is 1.59 bits per heavy atom. The number of hydrogen-bond donors (Lipinski definition) is 3. The molecule has 39 heavy (non-hydrogen) atoms. The second kappa shape index (κ2) is 12.6. The van der Waals surface area contributed by atoms with Gasteiger partial charge in [0.15, 0.2) is 0 Å². The largest absolute Gasteiger partial charge is 0.343 e. The Morgan fingerprint density at radius 3 is 2.15 bits per heavy atom. The molecule has 13 heteroatoms. The number of amides is 6. The first-order valence-electron chi connectivity index (χ1n) is 13.0. The monoisotopic (exact) mass is 543 g/mol. The second-order valence-corrected chi connectivity index (χ2v) is 10.1. The lowest BCUT2D eigenvalue weighted by atomic mass is 10.0. The number of rotatable bonds is 10. The van der Waals surface area contributed by atoms with Crippen LogP contribution < -0.4 is 20.9 Å². The molecule has 13 nitrogen and oxygen atoms in total.